The highest BCUT2D eigenvalue weighted by Gasteiger charge is 2.24. The number of phenolic OH excluding ortho intramolecular Hbond substituents is 1. The van der Waals surface area contributed by atoms with Crippen molar-refractivity contribution in [3.05, 3.63) is 29.8 Å². The predicted molar refractivity (Wildman–Crippen MR) is 81.9 cm³/mol. The first-order valence-corrected chi connectivity index (χ1v) is 7.26. The van der Waals surface area contributed by atoms with Gasteiger partial charge in [-0.3, -0.25) is 9.59 Å². The monoisotopic (exact) mass is 292 g/mol. The van der Waals surface area contributed by atoms with E-state index < -0.39 is 6.04 Å². The molecule has 0 fully saturated rings. The number of amides is 2. The van der Waals surface area contributed by atoms with Gasteiger partial charge in [0.1, 0.15) is 11.8 Å². The maximum atomic E-state index is 12.0. The Morgan fingerprint density at radius 1 is 1.24 bits per heavy atom. The van der Waals surface area contributed by atoms with E-state index in [4.69, 9.17) is 0 Å². The molecule has 0 bridgehead atoms. The maximum absolute atomic E-state index is 12.0. The van der Waals surface area contributed by atoms with Gasteiger partial charge in [-0.2, -0.15) is 0 Å². The molecule has 21 heavy (non-hydrogen) atoms. The third-order valence-corrected chi connectivity index (χ3v) is 3.64. The van der Waals surface area contributed by atoms with Gasteiger partial charge in [-0.1, -0.05) is 32.4 Å². The van der Waals surface area contributed by atoms with Crippen molar-refractivity contribution >= 4 is 11.8 Å². The Bertz CT molecular complexity index is 471. The van der Waals surface area contributed by atoms with E-state index in [1.165, 1.54) is 0 Å². The van der Waals surface area contributed by atoms with Gasteiger partial charge >= 0.3 is 0 Å². The average Bonchev–Trinajstić information content (AvgIpc) is 2.50. The molecule has 0 saturated carbocycles. The van der Waals surface area contributed by atoms with E-state index in [1.54, 1.807) is 31.3 Å². The molecule has 1 rings (SSSR count). The van der Waals surface area contributed by atoms with Gasteiger partial charge in [0.2, 0.25) is 11.8 Å². The lowest BCUT2D eigenvalue weighted by Gasteiger charge is -2.22. The summed E-state index contributed by atoms with van der Waals surface area (Å²) in [4.78, 5) is 23.8. The van der Waals surface area contributed by atoms with E-state index in [0.717, 1.165) is 12.0 Å². The van der Waals surface area contributed by atoms with Crippen molar-refractivity contribution in [1.82, 2.24) is 10.6 Å². The van der Waals surface area contributed by atoms with Crippen molar-refractivity contribution in [2.45, 2.75) is 39.2 Å². The SMILES string of the molecule is CCC(C)C(NC(=O)CCc1ccc(O)cc1)C(=O)NC. The molecule has 5 nitrogen and oxygen atoms in total. The van der Waals surface area contributed by atoms with Crippen molar-refractivity contribution < 1.29 is 14.7 Å². The standard InChI is InChI=1S/C16H24N2O3/c1-4-11(2)15(16(21)17-3)18-14(20)10-7-12-5-8-13(19)9-6-12/h5-6,8-9,11,15,19H,4,7,10H2,1-3H3,(H,17,21)(H,18,20). The molecule has 3 N–H and O–H groups in total. The smallest absolute Gasteiger partial charge is 0.242 e. The molecule has 0 radical (unpaired) electrons. The third-order valence-electron chi connectivity index (χ3n) is 3.64. The summed E-state index contributed by atoms with van der Waals surface area (Å²) in [6.07, 6.45) is 1.71. The van der Waals surface area contributed by atoms with Gasteiger partial charge < -0.3 is 15.7 Å². The predicted octanol–water partition coefficient (Wildman–Crippen LogP) is 1.60. The van der Waals surface area contributed by atoms with Crippen LogP contribution in [0, 0.1) is 5.92 Å². The molecule has 116 valence electrons. The van der Waals surface area contributed by atoms with Crippen LogP contribution >= 0.6 is 0 Å². The zero-order chi connectivity index (χ0) is 15.8. The van der Waals surface area contributed by atoms with Crippen molar-refractivity contribution in [2.75, 3.05) is 7.05 Å². The minimum atomic E-state index is -0.493. The highest BCUT2D eigenvalue weighted by Crippen LogP contribution is 2.12. The second-order valence-corrected chi connectivity index (χ2v) is 5.21. The molecule has 1 aromatic rings. The van der Waals surface area contributed by atoms with Crippen LogP contribution in [0.3, 0.4) is 0 Å². The van der Waals surface area contributed by atoms with E-state index in [2.05, 4.69) is 10.6 Å². The molecule has 2 unspecified atom stereocenters. The topological polar surface area (TPSA) is 78.4 Å². The highest BCUT2D eigenvalue weighted by molar-refractivity contribution is 5.87. The number of carbonyl (C=O) groups is 2. The number of carbonyl (C=O) groups excluding carboxylic acids is 2. The Labute approximate surface area is 125 Å². The highest BCUT2D eigenvalue weighted by atomic mass is 16.3. The van der Waals surface area contributed by atoms with E-state index in [-0.39, 0.29) is 23.5 Å². The van der Waals surface area contributed by atoms with Crippen molar-refractivity contribution in [1.29, 1.82) is 0 Å². The molecular formula is C16H24N2O3. The van der Waals surface area contributed by atoms with E-state index in [0.29, 0.717) is 12.8 Å². The van der Waals surface area contributed by atoms with Crippen LogP contribution in [0.25, 0.3) is 0 Å². The fraction of sp³-hybridized carbons (Fsp3) is 0.500. The molecule has 5 heteroatoms. The van der Waals surface area contributed by atoms with Crippen LogP contribution in [0.2, 0.25) is 0 Å². The molecular weight excluding hydrogens is 268 g/mol. The summed E-state index contributed by atoms with van der Waals surface area (Å²) < 4.78 is 0. The number of aryl methyl sites for hydroxylation is 1. The van der Waals surface area contributed by atoms with Gasteiger partial charge in [0, 0.05) is 13.5 Å². The summed E-state index contributed by atoms with van der Waals surface area (Å²) >= 11 is 0. The fourth-order valence-corrected chi connectivity index (χ4v) is 2.02. The molecule has 0 aromatic heterocycles. The van der Waals surface area contributed by atoms with Crippen LogP contribution < -0.4 is 10.6 Å². The number of likely N-dealkylation sites (N-methyl/N-ethyl adjacent to an activating group) is 1. The molecule has 2 atom stereocenters. The lowest BCUT2D eigenvalue weighted by molar-refractivity contribution is -0.129. The molecule has 0 heterocycles. The zero-order valence-corrected chi connectivity index (χ0v) is 12.8. The quantitative estimate of drug-likeness (QED) is 0.714. The van der Waals surface area contributed by atoms with Gasteiger partial charge in [-0.05, 0) is 30.0 Å². The van der Waals surface area contributed by atoms with Gasteiger partial charge in [0.25, 0.3) is 0 Å². The van der Waals surface area contributed by atoms with Gasteiger partial charge in [0.05, 0.1) is 0 Å². The van der Waals surface area contributed by atoms with E-state index >= 15 is 0 Å². The molecule has 0 aliphatic rings. The van der Waals surface area contributed by atoms with Crippen molar-refractivity contribution in [3.63, 3.8) is 0 Å². The minimum absolute atomic E-state index is 0.0857. The molecule has 0 spiro atoms. The molecule has 0 saturated heterocycles. The third kappa shape index (κ3) is 5.45. The first kappa shape index (κ1) is 17.0. The number of rotatable bonds is 7. The number of hydrogen-bond donors (Lipinski definition) is 3. The Morgan fingerprint density at radius 2 is 1.86 bits per heavy atom. The summed E-state index contributed by atoms with van der Waals surface area (Å²) in [5, 5.41) is 14.6. The minimum Gasteiger partial charge on any atom is -0.508 e. The lowest BCUT2D eigenvalue weighted by Crippen LogP contribution is -2.49. The van der Waals surface area contributed by atoms with E-state index in [9.17, 15) is 14.7 Å². The first-order valence-electron chi connectivity index (χ1n) is 7.26. The van der Waals surface area contributed by atoms with Gasteiger partial charge in [-0.25, -0.2) is 0 Å². The maximum Gasteiger partial charge on any atom is 0.242 e. The Kier molecular flexibility index (Phi) is 6.72. The van der Waals surface area contributed by atoms with Crippen LogP contribution in [0.5, 0.6) is 5.75 Å². The largest absolute Gasteiger partial charge is 0.508 e. The zero-order valence-electron chi connectivity index (χ0n) is 12.8. The average molecular weight is 292 g/mol. The van der Waals surface area contributed by atoms with Crippen LogP contribution in [-0.2, 0) is 16.0 Å². The lowest BCUT2D eigenvalue weighted by atomic mass is 9.98. The number of hydrogen-bond acceptors (Lipinski definition) is 3. The molecule has 0 aliphatic carbocycles. The number of phenols is 1. The van der Waals surface area contributed by atoms with Crippen molar-refractivity contribution in [2.24, 2.45) is 5.92 Å². The fourth-order valence-electron chi connectivity index (χ4n) is 2.02. The van der Waals surface area contributed by atoms with Crippen molar-refractivity contribution in [3.8, 4) is 5.75 Å². The summed E-state index contributed by atoms with van der Waals surface area (Å²) in [6, 6.07) is 6.27. The van der Waals surface area contributed by atoms with Crippen LogP contribution in [-0.4, -0.2) is 30.0 Å². The number of benzene rings is 1. The summed E-state index contributed by atoms with van der Waals surface area (Å²) in [5.74, 6) is -0.0125. The normalized spacial score (nSPS) is 13.3. The van der Waals surface area contributed by atoms with E-state index in [1.807, 2.05) is 13.8 Å². The Morgan fingerprint density at radius 3 is 2.38 bits per heavy atom. The van der Waals surface area contributed by atoms with Crippen LogP contribution in [0.15, 0.2) is 24.3 Å². The number of nitrogens with one attached hydrogen (secondary N) is 2. The van der Waals surface area contributed by atoms with Crippen LogP contribution in [0.4, 0.5) is 0 Å². The second kappa shape index (κ2) is 8.29. The first-order chi connectivity index (χ1) is 9.97. The summed E-state index contributed by atoms with van der Waals surface area (Å²) in [5.41, 5.74) is 0.975. The van der Waals surface area contributed by atoms with Gasteiger partial charge in [-0.15, -0.1) is 0 Å². The summed E-state index contributed by atoms with van der Waals surface area (Å²) in [7, 11) is 1.57. The van der Waals surface area contributed by atoms with Gasteiger partial charge in [0.15, 0.2) is 0 Å². The second-order valence-electron chi connectivity index (χ2n) is 5.21. The molecule has 2 amide bonds. The Balaban J connectivity index is 2.53. The molecule has 0 aliphatic heterocycles. The number of aromatic hydroxyl groups is 1. The summed E-state index contributed by atoms with van der Waals surface area (Å²) in [6.45, 7) is 3.93. The Hall–Kier alpha value is -2.04. The molecule has 1 aromatic carbocycles. The van der Waals surface area contributed by atoms with Crippen LogP contribution in [0.1, 0.15) is 32.3 Å².